The van der Waals surface area contributed by atoms with Gasteiger partial charge in [0.25, 0.3) is 5.91 Å². The van der Waals surface area contributed by atoms with E-state index < -0.39 is 0 Å². The Hall–Kier alpha value is -2.73. The molecule has 0 spiro atoms. The molecule has 0 N–H and O–H groups in total. The standard InChI is InChI=1S/C21H24ClN5O/c1-15(2)12-26(14-19-6-4-5-7-20(19)22)21(28)18-10-8-17(9-11-18)13-27-16(3)23-24-25-27/h4-11,15H,12-14H2,1-3H3. The summed E-state index contributed by atoms with van der Waals surface area (Å²) in [6.07, 6.45) is 0. The summed E-state index contributed by atoms with van der Waals surface area (Å²) in [6.45, 7) is 7.78. The summed E-state index contributed by atoms with van der Waals surface area (Å²) >= 11 is 6.30. The van der Waals surface area contributed by atoms with Crippen LogP contribution in [-0.2, 0) is 13.1 Å². The van der Waals surface area contributed by atoms with Gasteiger partial charge in [0.05, 0.1) is 6.54 Å². The smallest absolute Gasteiger partial charge is 0.254 e. The minimum Gasteiger partial charge on any atom is -0.334 e. The van der Waals surface area contributed by atoms with Crippen molar-refractivity contribution in [2.24, 2.45) is 5.92 Å². The molecule has 0 radical (unpaired) electrons. The highest BCUT2D eigenvalue weighted by Crippen LogP contribution is 2.19. The summed E-state index contributed by atoms with van der Waals surface area (Å²) in [5.74, 6) is 1.11. The quantitative estimate of drug-likeness (QED) is 0.604. The predicted molar refractivity (Wildman–Crippen MR) is 109 cm³/mol. The van der Waals surface area contributed by atoms with Crippen LogP contribution in [-0.4, -0.2) is 37.6 Å². The lowest BCUT2D eigenvalue weighted by Gasteiger charge is -2.25. The van der Waals surface area contributed by atoms with E-state index in [0.29, 0.717) is 36.1 Å². The van der Waals surface area contributed by atoms with Crippen molar-refractivity contribution in [2.45, 2.75) is 33.9 Å². The van der Waals surface area contributed by atoms with Crippen molar-refractivity contribution in [1.29, 1.82) is 0 Å². The molecule has 0 aliphatic carbocycles. The summed E-state index contributed by atoms with van der Waals surface area (Å²) in [5.41, 5.74) is 2.64. The van der Waals surface area contributed by atoms with Gasteiger partial charge in [-0.1, -0.05) is 55.8 Å². The Balaban J connectivity index is 1.76. The topological polar surface area (TPSA) is 63.9 Å². The number of rotatable bonds is 7. The maximum atomic E-state index is 13.1. The lowest BCUT2D eigenvalue weighted by atomic mass is 10.1. The van der Waals surface area contributed by atoms with Crippen LogP contribution < -0.4 is 0 Å². The largest absolute Gasteiger partial charge is 0.334 e. The fraction of sp³-hybridized carbons (Fsp3) is 0.333. The fourth-order valence-corrected chi connectivity index (χ4v) is 3.19. The maximum absolute atomic E-state index is 13.1. The van der Waals surface area contributed by atoms with E-state index in [4.69, 9.17) is 11.6 Å². The highest BCUT2D eigenvalue weighted by atomic mass is 35.5. The number of halogens is 1. The number of nitrogens with zero attached hydrogens (tertiary/aromatic N) is 5. The number of tetrazole rings is 1. The first-order chi connectivity index (χ1) is 13.4. The van der Waals surface area contributed by atoms with Crippen molar-refractivity contribution in [3.8, 4) is 0 Å². The molecule has 6 nitrogen and oxygen atoms in total. The highest BCUT2D eigenvalue weighted by Gasteiger charge is 2.18. The second-order valence-electron chi connectivity index (χ2n) is 7.25. The Kier molecular flexibility index (Phi) is 6.41. The van der Waals surface area contributed by atoms with E-state index in [1.165, 1.54) is 0 Å². The molecule has 0 aliphatic heterocycles. The van der Waals surface area contributed by atoms with E-state index in [0.717, 1.165) is 17.0 Å². The Morgan fingerprint density at radius 1 is 1.14 bits per heavy atom. The van der Waals surface area contributed by atoms with Crippen LogP contribution in [0.25, 0.3) is 0 Å². The van der Waals surface area contributed by atoms with Gasteiger partial charge >= 0.3 is 0 Å². The van der Waals surface area contributed by atoms with E-state index in [9.17, 15) is 4.79 Å². The summed E-state index contributed by atoms with van der Waals surface area (Å²) in [4.78, 5) is 15.0. The molecule has 7 heteroatoms. The minimum atomic E-state index is -0.00114. The molecule has 2 aromatic carbocycles. The number of aryl methyl sites for hydroxylation is 1. The zero-order valence-corrected chi connectivity index (χ0v) is 17.1. The monoisotopic (exact) mass is 397 g/mol. The molecule has 0 fully saturated rings. The van der Waals surface area contributed by atoms with Gasteiger partial charge in [-0.25, -0.2) is 4.68 Å². The molecule has 0 saturated heterocycles. The summed E-state index contributed by atoms with van der Waals surface area (Å²) in [7, 11) is 0. The third-order valence-corrected chi connectivity index (χ3v) is 4.80. The first-order valence-electron chi connectivity index (χ1n) is 9.28. The van der Waals surface area contributed by atoms with Gasteiger partial charge in [-0.15, -0.1) is 5.10 Å². The summed E-state index contributed by atoms with van der Waals surface area (Å²) in [6, 6.07) is 15.2. The molecule has 0 atom stereocenters. The number of amides is 1. The number of hydrogen-bond acceptors (Lipinski definition) is 4. The fourth-order valence-electron chi connectivity index (χ4n) is 3.00. The number of carbonyl (C=O) groups excluding carboxylic acids is 1. The number of benzene rings is 2. The van der Waals surface area contributed by atoms with Crippen molar-refractivity contribution >= 4 is 17.5 Å². The molecule has 0 saturated carbocycles. The molecule has 1 amide bonds. The summed E-state index contributed by atoms with van der Waals surface area (Å²) < 4.78 is 1.72. The minimum absolute atomic E-state index is 0.00114. The lowest BCUT2D eigenvalue weighted by Crippen LogP contribution is -2.33. The van der Waals surface area contributed by atoms with Gasteiger partial charge in [-0.05, 0) is 52.6 Å². The van der Waals surface area contributed by atoms with Gasteiger partial charge in [0.1, 0.15) is 5.82 Å². The molecule has 3 rings (SSSR count). The highest BCUT2D eigenvalue weighted by molar-refractivity contribution is 6.31. The third kappa shape index (κ3) is 4.95. The Bertz CT molecular complexity index is 936. The van der Waals surface area contributed by atoms with Crippen LogP contribution in [0.2, 0.25) is 5.02 Å². The first-order valence-corrected chi connectivity index (χ1v) is 9.66. The molecule has 1 aromatic heterocycles. The Morgan fingerprint density at radius 3 is 2.46 bits per heavy atom. The summed E-state index contributed by atoms with van der Waals surface area (Å²) in [5, 5.41) is 12.2. The second-order valence-corrected chi connectivity index (χ2v) is 7.66. The van der Waals surface area contributed by atoms with Crippen LogP contribution >= 0.6 is 11.6 Å². The average Bonchev–Trinajstić information content (AvgIpc) is 3.07. The molecule has 0 aliphatic rings. The Morgan fingerprint density at radius 2 is 1.86 bits per heavy atom. The van der Waals surface area contributed by atoms with Crippen molar-refractivity contribution in [2.75, 3.05) is 6.54 Å². The van der Waals surface area contributed by atoms with Crippen molar-refractivity contribution < 1.29 is 4.79 Å². The van der Waals surface area contributed by atoms with Gasteiger partial charge < -0.3 is 4.90 Å². The van der Waals surface area contributed by atoms with E-state index in [1.54, 1.807) is 4.68 Å². The van der Waals surface area contributed by atoms with E-state index >= 15 is 0 Å². The van der Waals surface area contributed by atoms with Crippen LogP contribution in [0.3, 0.4) is 0 Å². The zero-order valence-electron chi connectivity index (χ0n) is 16.3. The van der Waals surface area contributed by atoms with Crippen LogP contribution in [0.4, 0.5) is 0 Å². The lowest BCUT2D eigenvalue weighted by molar-refractivity contribution is 0.0722. The van der Waals surface area contributed by atoms with Crippen molar-refractivity contribution in [3.63, 3.8) is 0 Å². The molecule has 0 bridgehead atoms. The number of carbonyl (C=O) groups is 1. The van der Waals surface area contributed by atoms with Crippen molar-refractivity contribution in [3.05, 3.63) is 76.1 Å². The van der Waals surface area contributed by atoms with Gasteiger partial charge in [0.2, 0.25) is 0 Å². The Labute approximate surface area is 170 Å². The van der Waals surface area contributed by atoms with Crippen LogP contribution in [0.5, 0.6) is 0 Å². The number of hydrogen-bond donors (Lipinski definition) is 0. The molecular formula is C21H24ClN5O. The molecule has 0 unspecified atom stereocenters. The van der Waals surface area contributed by atoms with Crippen LogP contribution in [0.15, 0.2) is 48.5 Å². The van der Waals surface area contributed by atoms with Crippen LogP contribution in [0, 0.1) is 12.8 Å². The molecule has 146 valence electrons. The van der Waals surface area contributed by atoms with E-state index in [-0.39, 0.29) is 5.91 Å². The van der Waals surface area contributed by atoms with Gasteiger partial charge in [0, 0.05) is 23.7 Å². The second kappa shape index (κ2) is 8.97. The SMILES string of the molecule is Cc1nnnn1Cc1ccc(C(=O)N(Cc2ccccc2Cl)CC(C)C)cc1. The van der Waals surface area contributed by atoms with Crippen LogP contribution in [0.1, 0.15) is 41.2 Å². The van der Waals surface area contributed by atoms with Crippen molar-refractivity contribution in [1.82, 2.24) is 25.1 Å². The third-order valence-electron chi connectivity index (χ3n) is 4.44. The van der Waals surface area contributed by atoms with E-state index in [2.05, 4.69) is 29.4 Å². The zero-order chi connectivity index (χ0) is 20.1. The van der Waals surface area contributed by atoms with Gasteiger partial charge in [-0.3, -0.25) is 4.79 Å². The van der Waals surface area contributed by atoms with E-state index in [1.807, 2.05) is 60.4 Å². The first kappa shape index (κ1) is 20.0. The number of aromatic nitrogens is 4. The average molecular weight is 398 g/mol. The normalized spacial score (nSPS) is 11.0. The van der Waals surface area contributed by atoms with Gasteiger partial charge in [-0.2, -0.15) is 0 Å². The van der Waals surface area contributed by atoms with Gasteiger partial charge in [0.15, 0.2) is 0 Å². The molecule has 1 heterocycles. The maximum Gasteiger partial charge on any atom is 0.254 e. The predicted octanol–water partition coefficient (Wildman–Crippen LogP) is 3.98. The molecule has 28 heavy (non-hydrogen) atoms. The molecular weight excluding hydrogens is 374 g/mol. The molecule has 3 aromatic rings.